The molecule has 1 amide bonds. The van der Waals surface area contributed by atoms with Crippen molar-refractivity contribution in [3.63, 3.8) is 0 Å². The Kier molecular flexibility index (Phi) is 10.2. The fourth-order valence-electron chi connectivity index (χ4n) is 2.68. The Labute approximate surface area is 157 Å². The molecule has 1 unspecified atom stereocenters. The number of nitrogens with zero attached hydrogens (tertiary/aromatic N) is 2. The lowest BCUT2D eigenvalue weighted by molar-refractivity contribution is 0.0632. The predicted octanol–water partition coefficient (Wildman–Crippen LogP) is 2.16. The minimum atomic E-state index is 0. The SMILES string of the molecule is Cc1cccc(C(=O)N2CCN(CC(N)CS)CC2)c1C.Cl.Cl. The predicted molar refractivity (Wildman–Crippen MR) is 105 cm³/mol. The molecule has 1 saturated heterocycles. The van der Waals surface area contributed by atoms with E-state index in [1.165, 1.54) is 5.56 Å². The molecule has 2 N–H and O–H groups in total. The number of carbonyl (C=O) groups excluding carboxylic acids is 1. The van der Waals surface area contributed by atoms with Crippen LogP contribution in [0.1, 0.15) is 21.5 Å². The molecule has 1 fully saturated rings. The van der Waals surface area contributed by atoms with E-state index in [0.717, 1.165) is 43.9 Å². The molecular formula is C16H27Cl2N3OS. The largest absolute Gasteiger partial charge is 0.336 e. The smallest absolute Gasteiger partial charge is 0.254 e. The van der Waals surface area contributed by atoms with Crippen molar-refractivity contribution in [1.29, 1.82) is 0 Å². The highest BCUT2D eigenvalue weighted by Crippen LogP contribution is 2.16. The number of benzene rings is 1. The van der Waals surface area contributed by atoms with Gasteiger partial charge < -0.3 is 10.6 Å². The summed E-state index contributed by atoms with van der Waals surface area (Å²) in [6.07, 6.45) is 0. The number of nitrogens with two attached hydrogens (primary N) is 1. The zero-order chi connectivity index (χ0) is 15.4. The van der Waals surface area contributed by atoms with Gasteiger partial charge in [-0.2, -0.15) is 12.6 Å². The molecule has 0 aromatic heterocycles. The van der Waals surface area contributed by atoms with E-state index in [2.05, 4.69) is 17.5 Å². The van der Waals surface area contributed by atoms with Gasteiger partial charge in [-0.25, -0.2) is 0 Å². The van der Waals surface area contributed by atoms with Crippen molar-refractivity contribution in [2.75, 3.05) is 38.5 Å². The summed E-state index contributed by atoms with van der Waals surface area (Å²) in [4.78, 5) is 16.9. The molecule has 132 valence electrons. The van der Waals surface area contributed by atoms with E-state index in [1.54, 1.807) is 0 Å². The van der Waals surface area contributed by atoms with Crippen LogP contribution in [0.4, 0.5) is 0 Å². The van der Waals surface area contributed by atoms with Gasteiger partial charge in [0.15, 0.2) is 0 Å². The maximum Gasteiger partial charge on any atom is 0.254 e. The Bertz CT molecular complexity index is 508. The molecule has 1 atom stereocenters. The lowest BCUT2D eigenvalue weighted by Gasteiger charge is -2.36. The highest BCUT2D eigenvalue weighted by molar-refractivity contribution is 7.80. The molecule has 0 saturated carbocycles. The lowest BCUT2D eigenvalue weighted by Crippen LogP contribution is -2.51. The Morgan fingerprint density at radius 3 is 2.39 bits per heavy atom. The van der Waals surface area contributed by atoms with Gasteiger partial charge in [-0.05, 0) is 31.0 Å². The molecule has 1 heterocycles. The standard InChI is InChI=1S/C16H25N3OS.2ClH/c1-12-4-3-5-15(13(12)2)16(20)19-8-6-18(7-9-19)10-14(17)11-21;;/h3-5,14,21H,6-11,17H2,1-2H3;2*1H. The van der Waals surface area contributed by atoms with Gasteiger partial charge in [0.1, 0.15) is 0 Å². The topological polar surface area (TPSA) is 49.6 Å². The fourth-order valence-corrected chi connectivity index (χ4v) is 2.79. The summed E-state index contributed by atoms with van der Waals surface area (Å²) in [6.45, 7) is 8.23. The first-order chi connectivity index (χ1) is 10.0. The number of piperazine rings is 1. The minimum absolute atomic E-state index is 0. The molecule has 1 aromatic rings. The summed E-state index contributed by atoms with van der Waals surface area (Å²) in [5, 5.41) is 0. The first-order valence-corrected chi connectivity index (χ1v) is 8.10. The quantitative estimate of drug-likeness (QED) is 0.788. The van der Waals surface area contributed by atoms with Crippen LogP contribution >= 0.6 is 37.4 Å². The van der Waals surface area contributed by atoms with Crippen LogP contribution in [0.15, 0.2) is 18.2 Å². The van der Waals surface area contributed by atoms with Gasteiger partial charge in [0, 0.05) is 50.1 Å². The molecule has 7 heteroatoms. The van der Waals surface area contributed by atoms with Crippen LogP contribution in [-0.4, -0.2) is 60.2 Å². The van der Waals surface area contributed by atoms with Gasteiger partial charge >= 0.3 is 0 Å². The van der Waals surface area contributed by atoms with E-state index in [1.807, 2.05) is 36.9 Å². The summed E-state index contributed by atoms with van der Waals surface area (Å²) < 4.78 is 0. The summed E-state index contributed by atoms with van der Waals surface area (Å²) >= 11 is 4.22. The van der Waals surface area contributed by atoms with Crippen molar-refractivity contribution in [1.82, 2.24) is 9.80 Å². The van der Waals surface area contributed by atoms with Crippen LogP contribution in [0, 0.1) is 13.8 Å². The monoisotopic (exact) mass is 379 g/mol. The Hall–Kier alpha value is -0.460. The second kappa shape index (κ2) is 10.4. The molecule has 1 aliphatic heterocycles. The summed E-state index contributed by atoms with van der Waals surface area (Å²) in [6, 6.07) is 6.03. The molecule has 1 aliphatic rings. The zero-order valence-electron chi connectivity index (χ0n) is 13.7. The lowest BCUT2D eigenvalue weighted by atomic mass is 10.0. The van der Waals surface area contributed by atoms with Crippen molar-refractivity contribution in [2.45, 2.75) is 19.9 Å². The fraction of sp³-hybridized carbons (Fsp3) is 0.562. The van der Waals surface area contributed by atoms with Crippen molar-refractivity contribution in [3.05, 3.63) is 34.9 Å². The molecule has 1 aromatic carbocycles. The van der Waals surface area contributed by atoms with E-state index in [-0.39, 0.29) is 36.8 Å². The number of rotatable bonds is 4. The van der Waals surface area contributed by atoms with Crippen LogP contribution in [0.25, 0.3) is 0 Å². The van der Waals surface area contributed by atoms with Crippen molar-refractivity contribution < 1.29 is 4.79 Å². The molecule has 0 aliphatic carbocycles. The second-order valence-electron chi connectivity index (χ2n) is 5.78. The third-order valence-electron chi connectivity index (χ3n) is 4.22. The Morgan fingerprint density at radius 1 is 1.22 bits per heavy atom. The number of aryl methyl sites for hydroxylation is 1. The molecule has 0 radical (unpaired) electrons. The minimum Gasteiger partial charge on any atom is -0.336 e. The maximum atomic E-state index is 12.6. The number of thiol groups is 1. The second-order valence-corrected chi connectivity index (χ2v) is 6.15. The average molecular weight is 380 g/mol. The highest BCUT2D eigenvalue weighted by atomic mass is 35.5. The van der Waals surface area contributed by atoms with Gasteiger partial charge in [-0.1, -0.05) is 12.1 Å². The molecule has 4 nitrogen and oxygen atoms in total. The third kappa shape index (κ3) is 5.84. The van der Waals surface area contributed by atoms with Gasteiger partial charge in [-0.15, -0.1) is 24.8 Å². The summed E-state index contributed by atoms with van der Waals surface area (Å²) in [5.74, 6) is 0.844. The van der Waals surface area contributed by atoms with E-state index in [0.29, 0.717) is 5.75 Å². The normalized spacial score (nSPS) is 16.3. The average Bonchev–Trinajstić information content (AvgIpc) is 2.50. The van der Waals surface area contributed by atoms with Crippen molar-refractivity contribution in [3.8, 4) is 0 Å². The Balaban J connectivity index is 0.00000242. The van der Waals surface area contributed by atoms with Crippen LogP contribution < -0.4 is 5.73 Å². The maximum absolute atomic E-state index is 12.6. The summed E-state index contributed by atoms with van der Waals surface area (Å²) in [7, 11) is 0. The van der Waals surface area contributed by atoms with Crippen molar-refractivity contribution >= 4 is 43.4 Å². The molecule has 2 rings (SSSR count). The summed E-state index contributed by atoms with van der Waals surface area (Å²) in [5.41, 5.74) is 9.01. The van der Waals surface area contributed by atoms with Gasteiger partial charge in [0.2, 0.25) is 0 Å². The Morgan fingerprint density at radius 2 is 1.83 bits per heavy atom. The van der Waals surface area contributed by atoms with E-state index >= 15 is 0 Å². The van der Waals surface area contributed by atoms with E-state index in [4.69, 9.17) is 5.73 Å². The van der Waals surface area contributed by atoms with Crippen LogP contribution in [0.3, 0.4) is 0 Å². The van der Waals surface area contributed by atoms with Crippen LogP contribution in [-0.2, 0) is 0 Å². The third-order valence-corrected chi connectivity index (χ3v) is 4.69. The molecule has 23 heavy (non-hydrogen) atoms. The number of halogens is 2. The van der Waals surface area contributed by atoms with Crippen LogP contribution in [0.5, 0.6) is 0 Å². The number of amides is 1. The molecule has 0 spiro atoms. The molecular weight excluding hydrogens is 353 g/mol. The molecule has 0 bridgehead atoms. The van der Waals surface area contributed by atoms with E-state index < -0.39 is 0 Å². The number of carbonyl (C=O) groups is 1. The van der Waals surface area contributed by atoms with E-state index in [9.17, 15) is 4.79 Å². The first-order valence-electron chi connectivity index (χ1n) is 7.47. The first kappa shape index (κ1) is 22.5. The van der Waals surface area contributed by atoms with Gasteiger partial charge in [0.25, 0.3) is 5.91 Å². The highest BCUT2D eigenvalue weighted by Gasteiger charge is 2.23. The van der Waals surface area contributed by atoms with Crippen molar-refractivity contribution in [2.24, 2.45) is 5.73 Å². The van der Waals surface area contributed by atoms with Gasteiger partial charge in [-0.3, -0.25) is 9.69 Å². The van der Waals surface area contributed by atoms with Crippen LogP contribution in [0.2, 0.25) is 0 Å². The van der Waals surface area contributed by atoms with Gasteiger partial charge in [0.05, 0.1) is 0 Å². The zero-order valence-corrected chi connectivity index (χ0v) is 16.2. The number of hydrogen-bond donors (Lipinski definition) is 2. The number of hydrogen-bond acceptors (Lipinski definition) is 4.